The van der Waals surface area contributed by atoms with Crippen molar-refractivity contribution in [3.63, 3.8) is 0 Å². The fourth-order valence-electron chi connectivity index (χ4n) is 6.68. The molecule has 2 N–H and O–H groups in total. The Balaban J connectivity index is 1.57. The van der Waals surface area contributed by atoms with Crippen LogP contribution in [0.15, 0.2) is 133 Å². The second-order valence-electron chi connectivity index (χ2n) is 11.7. The molecule has 218 valence electrons. The molecule has 0 radical (unpaired) electrons. The molecule has 6 aromatic carbocycles. The third-order valence-electron chi connectivity index (χ3n) is 8.99. The fraction of sp³-hybridized carbons (Fsp3) is 0.0732. The molecular formula is C41H30O4. The van der Waals surface area contributed by atoms with Crippen molar-refractivity contribution in [3.05, 3.63) is 189 Å². The van der Waals surface area contributed by atoms with Gasteiger partial charge in [0.25, 0.3) is 0 Å². The number of rotatable bonds is 6. The highest BCUT2D eigenvalue weighted by Crippen LogP contribution is 2.57. The summed E-state index contributed by atoms with van der Waals surface area (Å²) in [6.45, 7) is 3.71. The first kappa shape index (κ1) is 28.1. The van der Waals surface area contributed by atoms with Gasteiger partial charge in [0.05, 0.1) is 5.41 Å². The molecule has 45 heavy (non-hydrogen) atoms. The molecule has 0 heterocycles. The van der Waals surface area contributed by atoms with Crippen LogP contribution in [0.1, 0.15) is 65.2 Å². The summed E-state index contributed by atoms with van der Waals surface area (Å²) in [5, 5.41) is 21.2. The van der Waals surface area contributed by atoms with Gasteiger partial charge in [-0.3, -0.25) is 9.59 Å². The molecule has 7 rings (SSSR count). The molecular weight excluding hydrogens is 556 g/mol. The number of ketones is 2. The second-order valence-corrected chi connectivity index (χ2v) is 11.7. The average molecular weight is 587 g/mol. The lowest BCUT2D eigenvalue weighted by atomic mass is 9.66. The van der Waals surface area contributed by atoms with E-state index in [9.17, 15) is 19.8 Å². The number of hydrogen-bond donors (Lipinski definition) is 2. The van der Waals surface area contributed by atoms with E-state index in [1.165, 1.54) is 0 Å². The summed E-state index contributed by atoms with van der Waals surface area (Å²) in [7, 11) is 0. The Morgan fingerprint density at radius 3 is 1.24 bits per heavy atom. The van der Waals surface area contributed by atoms with E-state index in [1.807, 2.05) is 135 Å². The quantitative estimate of drug-likeness (QED) is 0.192. The van der Waals surface area contributed by atoms with Crippen molar-refractivity contribution < 1.29 is 19.8 Å². The molecule has 0 bridgehead atoms. The van der Waals surface area contributed by atoms with Gasteiger partial charge in [0, 0.05) is 22.3 Å². The van der Waals surface area contributed by atoms with Gasteiger partial charge in [-0.25, -0.2) is 0 Å². The lowest BCUT2D eigenvalue weighted by Gasteiger charge is -2.35. The van der Waals surface area contributed by atoms with Crippen molar-refractivity contribution in [2.75, 3.05) is 0 Å². The summed E-state index contributed by atoms with van der Waals surface area (Å²) >= 11 is 0. The number of hydrogen-bond acceptors (Lipinski definition) is 4. The van der Waals surface area contributed by atoms with Crippen molar-refractivity contribution in [1.82, 2.24) is 0 Å². The van der Waals surface area contributed by atoms with Crippen LogP contribution in [0.2, 0.25) is 0 Å². The van der Waals surface area contributed by atoms with E-state index in [2.05, 4.69) is 0 Å². The van der Waals surface area contributed by atoms with Crippen LogP contribution in [0.4, 0.5) is 0 Å². The molecule has 0 saturated heterocycles. The van der Waals surface area contributed by atoms with Gasteiger partial charge >= 0.3 is 0 Å². The summed E-state index contributed by atoms with van der Waals surface area (Å²) in [5.41, 5.74) is 8.12. The number of benzene rings is 6. The van der Waals surface area contributed by atoms with Crippen LogP contribution in [-0.2, 0) is 5.41 Å². The third-order valence-corrected chi connectivity index (χ3v) is 8.99. The number of fused-ring (bicyclic) bond motifs is 3. The van der Waals surface area contributed by atoms with Crippen LogP contribution in [-0.4, -0.2) is 21.8 Å². The molecule has 1 aliphatic carbocycles. The maximum atomic E-state index is 13.8. The lowest BCUT2D eigenvalue weighted by molar-refractivity contribution is 0.103. The molecule has 0 atom stereocenters. The molecule has 0 aromatic heterocycles. The minimum absolute atomic E-state index is 0.0908. The van der Waals surface area contributed by atoms with Crippen molar-refractivity contribution in [3.8, 4) is 22.6 Å². The molecule has 1 aliphatic rings. The molecule has 0 unspecified atom stereocenters. The minimum atomic E-state index is -0.971. The second kappa shape index (κ2) is 10.8. The normalized spacial score (nSPS) is 12.8. The van der Waals surface area contributed by atoms with E-state index in [0.717, 1.165) is 33.4 Å². The number of phenols is 2. The van der Waals surface area contributed by atoms with Gasteiger partial charge in [-0.2, -0.15) is 0 Å². The van der Waals surface area contributed by atoms with E-state index in [-0.39, 0.29) is 23.1 Å². The molecule has 0 aliphatic heterocycles. The van der Waals surface area contributed by atoms with Crippen LogP contribution in [0.25, 0.3) is 11.1 Å². The van der Waals surface area contributed by atoms with Crippen LogP contribution in [0.5, 0.6) is 11.5 Å². The summed E-state index contributed by atoms with van der Waals surface area (Å²) in [6, 6.07) is 41.2. The topological polar surface area (TPSA) is 74.6 Å². The highest BCUT2D eigenvalue weighted by Gasteiger charge is 2.47. The molecule has 6 aromatic rings. The van der Waals surface area contributed by atoms with Gasteiger partial charge in [-0.15, -0.1) is 0 Å². The van der Waals surface area contributed by atoms with Crippen LogP contribution >= 0.6 is 0 Å². The van der Waals surface area contributed by atoms with Gasteiger partial charge in [-0.05, 0) is 82.6 Å². The van der Waals surface area contributed by atoms with E-state index in [4.69, 9.17) is 0 Å². The zero-order valence-corrected chi connectivity index (χ0v) is 24.9. The average Bonchev–Trinajstić information content (AvgIpc) is 3.37. The molecule has 0 saturated carbocycles. The van der Waals surface area contributed by atoms with Gasteiger partial charge in [0.1, 0.15) is 11.5 Å². The summed E-state index contributed by atoms with van der Waals surface area (Å²) < 4.78 is 0. The third kappa shape index (κ3) is 4.46. The molecule has 0 amide bonds. The maximum Gasteiger partial charge on any atom is 0.193 e. The first-order chi connectivity index (χ1) is 21.8. The lowest BCUT2D eigenvalue weighted by Crippen LogP contribution is -2.29. The van der Waals surface area contributed by atoms with E-state index < -0.39 is 5.41 Å². The standard InChI is InChI=1S/C41H30O4/c1-25-21-31(15-19-37(25)42)41(32-16-20-38(43)26(2)22-32)35-23-29(39(44)27-9-5-3-6-10-27)13-17-33(35)34-18-14-30(24-36(34)41)40(45)28-11-7-4-8-12-28/h3-24,42-43H,1-2H3. The van der Waals surface area contributed by atoms with Crippen molar-refractivity contribution in [1.29, 1.82) is 0 Å². The van der Waals surface area contributed by atoms with Gasteiger partial charge in [0.2, 0.25) is 0 Å². The van der Waals surface area contributed by atoms with Crippen LogP contribution < -0.4 is 0 Å². The Morgan fingerprint density at radius 1 is 0.467 bits per heavy atom. The number of phenolic OH excluding ortho intramolecular Hbond substituents is 2. The monoisotopic (exact) mass is 586 g/mol. The van der Waals surface area contributed by atoms with Crippen molar-refractivity contribution in [2.45, 2.75) is 19.3 Å². The molecule has 0 fully saturated rings. The minimum Gasteiger partial charge on any atom is -0.508 e. The van der Waals surface area contributed by atoms with Gasteiger partial charge in [-0.1, -0.05) is 109 Å². The number of aromatic hydroxyl groups is 2. The highest BCUT2D eigenvalue weighted by atomic mass is 16.3. The summed E-state index contributed by atoms with van der Waals surface area (Å²) in [6.07, 6.45) is 0. The van der Waals surface area contributed by atoms with Crippen LogP contribution in [0, 0.1) is 13.8 Å². The Morgan fingerprint density at radius 2 is 0.867 bits per heavy atom. The van der Waals surface area contributed by atoms with E-state index in [0.29, 0.717) is 33.4 Å². The van der Waals surface area contributed by atoms with E-state index in [1.54, 1.807) is 12.1 Å². The number of aryl methyl sites for hydroxylation is 2. The van der Waals surface area contributed by atoms with Crippen molar-refractivity contribution in [2.24, 2.45) is 0 Å². The smallest absolute Gasteiger partial charge is 0.193 e. The first-order valence-electron chi connectivity index (χ1n) is 14.9. The molecule has 0 spiro atoms. The zero-order chi connectivity index (χ0) is 31.3. The van der Waals surface area contributed by atoms with Crippen LogP contribution in [0.3, 0.4) is 0 Å². The Kier molecular flexibility index (Phi) is 6.71. The molecule has 4 nitrogen and oxygen atoms in total. The highest BCUT2D eigenvalue weighted by molar-refractivity contribution is 6.11. The predicted molar refractivity (Wildman–Crippen MR) is 176 cm³/mol. The SMILES string of the molecule is Cc1cc(C2(c3ccc(O)c(C)c3)c3cc(C(=O)c4ccccc4)ccc3-c3ccc(C(=O)c4ccccc4)cc32)ccc1O. The summed E-state index contributed by atoms with van der Waals surface area (Å²) in [4.78, 5) is 27.6. The molecule has 4 heteroatoms. The van der Waals surface area contributed by atoms with Gasteiger partial charge < -0.3 is 10.2 Å². The first-order valence-corrected chi connectivity index (χ1v) is 14.9. The Hall–Kier alpha value is -5.74. The van der Waals surface area contributed by atoms with E-state index >= 15 is 0 Å². The fourth-order valence-corrected chi connectivity index (χ4v) is 6.68. The largest absolute Gasteiger partial charge is 0.508 e. The Bertz CT molecular complexity index is 1970. The number of carbonyl (C=O) groups excluding carboxylic acids is 2. The van der Waals surface area contributed by atoms with Crippen molar-refractivity contribution >= 4 is 11.6 Å². The number of carbonyl (C=O) groups is 2. The summed E-state index contributed by atoms with van der Waals surface area (Å²) in [5.74, 6) is 0.171. The Labute approximate surface area is 261 Å². The maximum absolute atomic E-state index is 13.8. The zero-order valence-electron chi connectivity index (χ0n) is 24.9. The van der Waals surface area contributed by atoms with Gasteiger partial charge in [0.15, 0.2) is 11.6 Å². The predicted octanol–water partition coefficient (Wildman–Crippen LogP) is 8.54.